The molecular weight excluding hydrogens is 116 g/mol. The highest BCUT2D eigenvalue weighted by molar-refractivity contribution is 4.94. The van der Waals surface area contributed by atoms with Crippen molar-refractivity contribution in [2.45, 2.75) is 32.0 Å². The quantitative estimate of drug-likeness (QED) is 0.535. The fourth-order valence-electron chi connectivity index (χ4n) is 1.15. The van der Waals surface area contributed by atoms with Gasteiger partial charge in [0, 0.05) is 7.11 Å². The van der Waals surface area contributed by atoms with Crippen LogP contribution in [0.25, 0.3) is 0 Å². The van der Waals surface area contributed by atoms with Crippen LogP contribution in [-0.2, 0) is 9.47 Å². The molecule has 0 bridgehead atoms. The predicted molar refractivity (Wildman–Crippen MR) is 35.4 cm³/mol. The Hall–Kier alpha value is -0.0800. The molecule has 0 saturated carbocycles. The lowest BCUT2D eigenvalue weighted by molar-refractivity contribution is 0.0352. The fourth-order valence-corrected chi connectivity index (χ4v) is 1.15. The lowest BCUT2D eigenvalue weighted by atomic mass is 10.0. The summed E-state index contributed by atoms with van der Waals surface area (Å²) in [5.41, 5.74) is 0.0451. The molecule has 2 unspecified atom stereocenters. The van der Waals surface area contributed by atoms with E-state index < -0.39 is 0 Å². The van der Waals surface area contributed by atoms with Crippen LogP contribution in [0.5, 0.6) is 0 Å². The Morgan fingerprint density at radius 1 is 1.78 bits per heavy atom. The molecule has 1 aliphatic rings. The van der Waals surface area contributed by atoms with Crippen LogP contribution >= 0.6 is 0 Å². The average Bonchev–Trinajstić information content (AvgIpc) is 2.52. The van der Waals surface area contributed by atoms with E-state index in [1.54, 1.807) is 7.11 Å². The highest BCUT2D eigenvalue weighted by atomic mass is 16.6. The lowest BCUT2D eigenvalue weighted by Gasteiger charge is -2.16. The summed E-state index contributed by atoms with van der Waals surface area (Å²) in [7, 11) is 1.74. The zero-order valence-electron chi connectivity index (χ0n) is 6.31. The first-order chi connectivity index (χ1) is 4.23. The topological polar surface area (TPSA) is 21.8 Å². The normalized spacial score (nSPS) is 36.3. The third-order valence-corrected chi connectivity index (χ3v) is 1.94. The molecule has 0 aromatic rings. The van der Waals surface area contributed by atoms with Crippen molar-refractivity contribution in [1.29, 1.82) is 0 Å². The van der Waals surface area contributed by atoms with Crippen molar-refractivity contribution in [1.82, 2.24) is 0 Å². The Labute approximate surface area is 56.2 Å². The zero-order chi connectivity index (χ0) is 6.91. The molecule has 0 amide bonds. The van der Waals surface area contributed by atoms with Gasteiger partial charge >= 0.3 is 0 Å². The Balaban J connectivity index is 2.37. The number of hydrogen-bond acceptors (Lipinski definition) is 2. The minimum absolute atomic E-state index is 0.0451. The minimum Gasteiger partial charge on any atom is -0.378 e. The molecule has 1 aliphatic heterocycles. The lowest BCUT2D eigenvalue weighted by Crippen LogP contribution is -2.27. The van der Waals surface area contributed by atoms with Crippen molar-refractivity contribution in [2.24, 2.45) is 0 Å². The minimum atomic E-state index is 0.0451. The summed E-state index contributed by atoms with van der Waals surface area (Å²) in [5.74, 6) is 0. The van der Waals surface area contributed by atoms with Crippen LogP contribution in [0, 0.1) is 0 Å². The molecule has 2 nitrogen and oxygen atoms in total. The van der Waals surface area contributed by atoms with E-state index in [9.17, 15) is 0 Å². The molecule has 1 rings (SSSR count). The average molecular weight is 130 g/mol. The standard InChI is InChI=1S/C7H14O2/c1-4-6(8-3)7(2)5-9-7/h6H,4-5H2,1-3H3. The van der Waals surface area contributed by atoms with Crippen LogP contribution in [0.1, 0.15) is 20.3 Å². The first kappa shape index (κ1) is 7.03. The summed E-state index contributed by atoms with van der Waals surface area (Å²) in [6, 6.07) is 0. The van der Waals surface area contributed by atoms with Crippen molar-refractivity contribution in [3.05, 3.63) is 0 Å². The third-order valence-electron chi connectivity index (χ3n) is 1.94. The van der Waals surface area contributed by atoms with Gasteiger partial charge in [0.25, 0.3) is 0 Å². The second kappa shape index (κ2) is 2.27. The van der Waals surface area contributed by atoms with Crippen molar-refractivity contribution < 1.29 is 9.47 Å². The third kappa shape index (κ3) is 1.25. The van der Waals surface area contributed by atoms with Gasteiger partial charge < -0.3 is 9.47 Å². The number of methoxy groups -OCH3 is 1. The van der Waals surface area contributed by atoms with E-state index in [2.05, 4.69) is 13.8 Å². The molecule has 0 spiro atoms. The Bertz CT molecular complexity index is 93.1. The molecule has 2 atom stereocenters. The summed E-state index contributed by atoms with van der Waals surface area (Å²) < 4.78 is 10.4. The number of epoxide rings is 1. The maximum Gasteiger partial charge on any atom is 0.115 e. The molecule has 1 fully saturated rings. The maximum atomic E-state index is 5.21. The van der Waals surface area contributed by atoms with Gasteiger partial charge in [0.2, 0.25) is 0 Å². The molecular formula is C7H14O2. The van der Waals surface area contributed by atoms with Gasteiger partial charge in [0.15, 0.2) is 0 Å². The Kier molecular flexibility index (Phi) is 1.78. The van der Waals surface area contributed by atoms with Crippen molar-refractivity contribution in [3.63, 3.8) is 0 Å². The largest absolute Gasteiger partial charge is 0.378 e. The smallest absolute Gasteiger partial charge is 0.115 e. The van der Waals surface area contributed by atoms with Crippen LogP contribution < -0.4 is 0 Å². The van der Waals surface area contributed by atoms with Crippen molar-refractivity contribution in [2.75, 3.05) is 13.7 Å². The number of rotatable bonds is 3. The number of hydrogen-bond donors (Lipinski definition) is 0. The summed E-state index contributed by atoms with van der Waals surface area (Å²) in [6.45, 7) is 5.06. The Morgan fingerprint density at radius 3 is 2.44 bits per heavy atom. The van der Waals surface area contributed by atoms with Gasteiger partial charge in [-0.05, 0) is 13.3 Å². The second-order valence-electron chi connectivity index (χ2n) is 2.73. The molecule has 0 aliphatic carbocycles. The van der Waals surface area contributed by atoms with Crippen molar-refractivity contribution in [3.8, 4) is 0 Å². The molecule has 0 aromatic heterocycles. The molecule has 0 aromatic carbocycles. The first-order valence-electron chi connectivity index (χ1n) is 3.39. The van der Waals surface area contributed by atoms with E-state index in [0.717, 1.165) is 13.0 Å². The predicted octanol–water partition coefficient (Wildman–Crippen LogP) is 1.20. The second-order valence-corrected chi connectivity index (χ2v) is 2.73. The van der Waals surface area contributed by atoms with Gasteiger partial charge in [-0.15, -0.1) is 0 Å². The summed E-state index contributed by atoms with van der Waals surface area (Å²) in [4.78, 5) is 0. The van der Waals surface area contributed by atoms with E-state index in [-0.39, 0.29) is 11.7 Å². The van der Waals surface area contributed by atoms with Crippen LogP contribution in [0.2, 0.25) is 0 Å². The monoisotopic (exact) mass is 130 g/mol. The van der Waals surface area contributed by atoms with E-state index >= 15 is 0 Å². The molecule has 1 saturated heterocycles. The fraction of sp³-hybridized carbons (Fsp3) is 1.00. The molecule has 0 radical (unpaired) electrons. The van der Waals surface area contributed by atoms with Crippen LogP contribution in [-0.4, -0.2) is 25.4 Å². The molecule has 0 N–H and O–H groups in total. The summed E-state index contributed by atoms with van der Waals surface area (Å²) in [5, 5.41) is 0. The zero-order valence-corrected chi connectivity index (χ0v) is 6.31. The summed E-state index contributed by atoms with van der Waals surface area (Å²) in [6.07, 6.45) is 1.32. The van der Waals surface area contributed by atoms with Crippen molar-refractivity contribution >= 4 is 0 Å². The maximum absolute atomic E-state index is 5.21. The van der Waals surface area contributed by atoms with E-state index in [0.29, 0.717) is 0 Å². The highest BCUT2D eigenvalue weighted by Crippen LogP contribution is 2.32. The van der Waals surface area contributed by atoms with E-state index in [4.69, 9.17) is 9.47 Å². The van der Waals surface area contributed by atoms with Gasteiger partial charge in [0.1, 0.15) is 5.60 Å². The van der Waals surface area contributed by atoms with E-state index in [1.807, 2.05) is 0 Å². The van der Waals surface area contributed by atoms with Gasteiger partial charge in [-0.2, -0.15) is 0 Å². The van der Waals surface area contributed by atoms with Gasteiger partial charge in [-0.25, -0.2) is 0 Å². The van der Waals surface area contributed by atoms with Crippen LogP contribution in [0.3, 0.4) is 0 Å². The molecule has 9 heavy (non-hydrogen) atoms. The molecule has 54 valence electrons. The van der Waals surface area contributed by atoms with E-state index in [1.165, 1.54) is 0 Å². The first-order valence-corrected chi connectivity index (χ1v) is 3.39. The highest BCUT2D eigenvalue weighted by Gasteiger charge is 2.46. The Morgan fingerprint density at radius 2 is 2.33 bits per heavy atom. The molecule has 2 heteroatoms. The van der Waals surface area contributed by atoms with Gasteiger partial charge in [0.05, 0.1) is 12.7 Å². The SMILES string of the molecule is CCC(OC)C1(C)CO1. The van der Waals surface area contributed by atoms with Gasteiger partial charge in [-0.3, -0.25) is 0 Å². The van der Waals surface area contributed by atoms with Gasteiger partial charge in [-0.1, -0.05) is 6.92 Å². The number of ether oxygens (including phenoxy) is 2. The summed E-state index contributed by atoms with van der Waals surface area (Å²) >= 11 is 0. The van der Waals surface area contributed by atoms with Crippen LogP contribution in [0.15, 0.2) is 0 Å². The van der Waals surface area contributed by atoms with Crippen LogP contribution in [0.4, 0.5) is 0 Å². The molecule has 1 heterocycles.